The van der Waals surface area contributed by atoms with Crippen molar-refractivity contribution < 1.29 is 13.9 Å². The number of carbonyl (C=O) groups is 1. The standard InChI is InChI=1S/C20H20ClFN4O2S/c1-12-19(23-24-26(12)14-6-7-16(22)15(21)10-14)20(27)25(2)11-13-5-8-18(29-4)17(9-13)28-3/h5-10H,11H2,1-4H3. The number of benzene rings is 2. The number of amides is 1. The molecule has 1 heterocycles. The zero-order chi connectivity index (χ0) is 21.1. The van der Waals surface area contributed by atoms with Crippen LogP contribution in [0.1, 0.15) is 21.7 Å². The Balaban J connectivity index is 1.81. The molecule has 0 radical (unpaired) electrons. The topological polar surface area (TPSA) is 60.2 Å². The third kappa shape index (κ3) is 4.38. The zero-order valence-corrected chi connectivity index (χ0v) is 18.0. The Hall–Kier alpha value is -2.58. The number of hydrogen-bond donors (Lipinski definition) is 0. The highest BCUT2D eigenvalue weighted by Gasteiger charge is 2.21. The normalized spacial score (nSPS) is 10.8. The van der Waals surface area contributed by atoms with E-state index >= 15 is 0 Å². The number of thioether (sulfide) groups is 1. The molecule has 0 spiro atoms. The lowest BCUT2D eigenvalue weighted by atomic mass is 10.2. The number of aromatic nitrogens is 3. The summed E-state index contributed by atoms with van der Waals surface area (Å²) < 4.78 is 20.3. The van der Waals surface area contributed by atoms with E-state index in [9.17, 15) is 9.18 Å². The van der Waals surface area contributed by atoms with Gasteiger partial charge < -0.3 is 9.64 Å². The molecular formula is C20H20ClFN4O2S. The summed E-state index contributed by atoms with van der Waals surface area (Å²) in [5.74, 6) is -0.0202. The predicted molar refractivity (Wildman–Crippen MR) is 112 cm³/mol. The molecule has 0 aliphatic heterocycles. The van der Waals surface area contributed by atoms with Gasteiger partial charge in [0.15, 0.2) is 5.69 Å². The second-order valence-corrected chi connectivity index (χ2v) is 7.64. The molecule has 0 aliphatic carbocycles. The largest absolute Gasteiger partial charge is 0.496 e. The molecule has 0 N–H and O–H groups in total. The quantitative estimate of drug-likeness (QED) is 0.539. The van der Waals surface area contributed by atoms with Gasteiger partial charge in [0.1, 0.15) is 11.6 Å². The van der Waals surface area contributed by atoms with Crippen LogP contribution in [0, 0.1) is 12.7 Å². The lowest BCUT2D eigenvalue weighted by Gasteiger charge is -2.17. The van der Waals surface area contributed by atoms with Crippen LogP contribution in [0.2, 0.25) is 5.02 Å². The highest BCUT2D eigenvalue weighted by atomic mass is 35.5. The van der Waals surface area contributed by atoms with Crippen LogP contribution < -0.4 is 4.74 Å². The van der Waals surface area contributed by atoms with Crippen molar-refractivity contribution in [1.82, 2.24) is 19.9 Å². The SMILES string of the molecule is COc1cc(CN(C)C(=O)c2nnn(-c3ccc(F)c(Cl)c3)c2C)ccc1SC. The zero-order valence-electron chi connectivity index (χ0n) is 16.4. The molecule has 2 aromatic carbocycles. The van der Waals surface area contributed by atoms with E-state index in [0.717, 1.165) is 16.2 Å². The molecule has 0 saturated heterocycles. The second kappa shape index (κ2) is 8.84. The third-order valence-electron chi connectivity index (χ3n) is 4.46. The van der Waals surface area contributed by atoms with E-state index in [2.05, 4.69) is 10.3 Å². The van der Waals surface area contributed by atoms with Gasteiger partial charge in [0.05, 0.1) is 23.5 Å². The average Bonchev–Trinajstić information content (AvgIpc) is 3.10. The van der Waals surface area contributed by atoms with Crippen LogP contribution in [0.4, 0.5) is 4.39 Å². The van der Waals surface area contributed by atoms with Crippen LogP contribution in [0.15, 0.2) is 41.3 Å². The highest BCUT2D eigenvalue weighted by molar-refractivity contribution is 7.98. The van der Waals surface area contributed by atoms with Gasteiger partial charge in [-0.25, -0.2) is 9.07 Å². The number of nitrogens with zero attached hydrogens (tertiary/aromatic N) is 4. The van der Waals surface area contributed by atoms with Crippen LogP contribution in [-0.2, 0) is 6.54 Å². The van der Waals surface area contributed by atoms with E-state index in [-0.39, 0.29) is 16.6 Å². The Morgan fingerprint density at radius 1 is 1.31 bits per heavy atom. The Morgan fingerprint density at radius 3 is 2.72 bits per heavy atom. The molecule has 6 nitrogen and oxygen atoms in total. The molecule has 3 aromatic rings. The second-order valence-electron chi connectivity index (χ2n) is 6.38. The first kappa shape index (κ1) is 21.1. The summed E-state index contributed by atoms with van der Waals surface area (Å²) in [5, 5.41) is 8.03. The third-order valence-corrected chi connectivity index (χ3v) is 5.53. The summed E-state index contributed by atoms with van der Waals surface area (Å²) in [6, 6.07) is 10.1. The van der Waals surface area contributed by atoms with Gasteiger partial charge in [0.25, 0.3) is 5.91 Å². The molecule has 0 aliphatic rings. The van der Waals surface area contributed by atoms with Crippen LogP contribution in [0.3, 0.4) is 0 Å². The minimum Gasteiger partial charge on any atom is -0.496 e. The van der Waals surface area contributed by atoms with E-state index in [0.29, 0.717) is 17.9 Å². The van der Waals surface area contributed by atoms with Crippen LogP contribution in [-0.4, -0.2) is 46.2 Å². The van der Waals surface area contributed by atoms with Gasteiger partial charge in [0.2, 0.25) is 0 Å². The first-order valence-electron chi connectivity index (χ1n) is 8.69. The molecule has 1 amide bonds. The molecule has 0 fully saturated rings. The van der Waals surface area contributed by atoms with Gasteiger partial charge in [-0.05, 0) is 49.1 Å². The molecule has 3 rings (SSSR count). The van der Waals surface area contributed by atoms with Crippen molar-refractivity contribution in [2.45, 2.75) is 18.4 Å². The molecule has 0 saturated carbocycles. The van der Waals surface area contributed by atoms with E-state index in [1.54, 1.807) is 37.7 Å². The van der Waals surface area contributed by atoms with Gasteiger partial charge in [0, 0.05) is 18.5 Å². The first-order chi connectivity index (χ1) is 13.8. The molecule has 29 heavy (non-hydrogen) atoms. The van der Waals surface area contributed by atoms with Crippen molar-refractivity contribution in [3.8, 4) is 11.4 Å². The summed E-state index contributed by atoms with van der Waals surface area (Å²) in [6.07, 6.45) is 1.98. The summed E-state index contributed by atoms with van der Waals surface area (Å²) in [6.45, 7) is 2.12. The molecule has 1 aromatic heterocycles. The summed E-state index contributed by atoms with van der Waals surface area (Å²) in [7, 11) is 3.32. The van der Waals surface area contributed by atoms with Crippen molar-refractivity contribution in [1.29, 1.82) is 0 Å². The number of rotatable bonds is 6. The summed E-state index contributed by atoms with van der Waals surface area (Å²) in [5.41, 5.74) is 2.23. The fraction of sp³-hybridized carbons (Fsp3) is 0.250. The fourth-order valence-electron chi connectivity index (χ4n) is 2.89. The van der Waals surface area contributed by atoms with Crippen LogP contribution in [0.25, 0.3) is 5.69 Å². The minimum absolute atomic E-state index is 0.0231. The Morgan fingerprint density at radius 2 is 2.07 bits per heavy atom. The molecule has 0 bridgehead atoms. The van der Waals surface area contributed by atoms with Gasteiger partial charge in [-0.2, -0.15) is 0 Å². The lowest BCUT2D eigenvalue weighted by molar-refractivity contribution is 0.0778. The number of ether oxygens (including phenoxy) is 1. The van der Waals surface area contributed by atoms with Gasteiger partial charge in [-0.1, -0.05) is 22.9 Å². The van der Waals surface area contributed by atoms with Crippen molar-refractivity contribution in [2.75, 3.05) is 20.4 Å². The lowest BCUT2D eigenvalue weighted by Crippen LogP contribution is -2.27. The fourth-order valence-corrected chi connectivity index (χ4v) is 3.62. The molecule has 152 valence electrons. The van der Waals surface area contributed by atoms with E-state index < -0.39 is 5.82 Å². The van der Waals surface area contributed by atoms with Crippen molar-refractivity contribution in [3.05, 3.63) is 64.2 Å². The number of methoxy groups -OCH3 is 1. The van der Waals surface area contributed by atoms with E-state index in [1.165, 1.54) is 22.9 Å². The summed E-state index contributed by atoms with van der Waals surface area (Å²) in [4.78, 5) is 15.5. The van der Waals surface area contributed by atoms with Gasteiger partial charge in [-0.3, -0.25) is 4.79 Å². The first-order valence-corrected chi connectivity index (χ1v) is 10.3. The van der Waals surface area contributed by atoms with Crippen molar-refractivity contribution >= 4 is 29.3 Å². The maximum Gasteiger partial charge on any atom is 0.276 e. The van der Waals surface area contributed by atoms with Gasteiger partial charge in [-0.15, -0.1) is 16.9 Å². The molecule has 0 atom stereocenters. The van der Waals surface area contributed by atoms with Crippen LogP contribution >= 0.6 is 23.4 Å². The smallest absolute Gasteiger partial charge is 0.276 e. The number of hydrogen-bond acceptors (Lipinski definition) is 5. The highest BCUT2D eigenvalue weighted by Crippen LogP contribution is 2.29. The monoisotopic (exact) mass is 434 g/mol. The molecule has 9 heteroatoms. The van der Waals surface area contributed by atoms with E-state index in [1.807, 2.05) is 24.5 Å². The number of halogens is 2. The average molecular weight is 435 g/mol. The Labute approximate surface area is 177 Å². The maximum absolute atomic E-state index is 13.4. The summed E-state index contributed by atoms with van der Waals surface area (Å²) >= 11 is 7.44. The van der Waals surface area contributed by atoms with Crippen molar-refractivity contribution in [3.63, 3.8) is 0 Å². The van der Waals surface area contributed by atoms with Crippen molar-refractivity contribution in [2.24, 2.45) is 0 Å². The minimum atomic E-state index is -0.521. The predicted octanol–water partition coefficient (Wildman–Crippen LogP) is 4.37. The van der Waals surface area contributed by atoms with Crippen LogP contribution in [0.5, 0.6) is 5.75 Å². The van der Waals surface area contributed by atoms with Gasteiger partial charge >= 0.3 is 0 Å². The van der Waals surface area contributed by atoms with E-state index in [4.69, 9.17) is 16.3 Å². The Kier molecular flexibility index (Phi) is 6.44. The Bertz CT molecular complexity index is 1060. The molecular weight excluding hydrogens is 415 g/mol. The number of carbonyl (C=O) groups excluding carboxylic acids is 1. The molecule has 0 unspecified atom stereocenters. The maximum atomic E-state index is 13.4.